The number of piperidine rings is 2. The maximum atomic E-state index is 13.0. The highest BCUT2D eigenvalue weighted by Gasteiger charge is 2.31. The van der Waals surface area contributed by atoms with E-state index in [0.717, 1.165) is 32.1 Å². The molecule has 162 valence electrons. The molecule has 1 atom stereocenters. The van der Waals surface area contributed by atoms with E-state index in [1.807, 2.05) is 4.90 Å². The zero-order valence-corrected chi connectivity index (χ0v) is 17.6. The summed E-state index contributed by atoms with van der Waals surface area (Å²) in [5, 5.41) is 16.0. The Kier molecular flexibility index (Phi) is 6.00. The first kappa shape index (κ1) is 20.7. The summed E-state index contributed by atoms with van der Waals surface area (Å²) in [5.74, 6) is 0.289. The molecule has 0 spiro atoms. The number of anilines is 1. The van der Waals surface area contributed by atoms with Gasteiger partial charge in [0.2, 0.25) is 10.0 Å². The number of hydrogen-bond acceptors (Lipinski definition) is 7. The van der Waals surface area contributed by atoms with Gasteiger partial charge >= 0.3 is 0 Å². The number of nitro groups is 1. The van der Waals surface area contributed by atoms with Crippen LogP contribution in [0.3, 0.4) is 0 Å². The molecule has 30 heavy (non-hydrogen) atoms. The third kappa shape index (κ3) is 4.31. The highest BCUT2D eigenvalue weighted by atomic mass is 32.2. The van der Waals surface area contributed by atoms with Crippen LogP contribution in [0.2, 0.25) is 0 Å². The summed E-state index contributed by atoms with van der Waals surface area (Å²) < 4.78 is 29.1. The molecule has 0 N–H and O–H groups in total. The molecule has 2 saturated heterocycles. The van der Waals surface area contributed by atoms with E-state index in [9.17, 15) is 18.5 Å². The van der Waals surface area contributed by atoms with Crippen LogP contribution in [-0.4, -0.2) is 58.6 Å². The number of nitro benzene ring substituents is 1. The van der Waals surface area contributed by atoms with Crippen LogP contribution in [0.4, 0.5) is 11.4 Å². The van der Waals surface area contributed by atoms with Gasteiger partial charge in [0, 0.05) is 38.8 Å². The van der Waals surface area contributed by atoms with Gasteiger partial charge in [-0.05, 0) is 43.7 Å². The number of rotatable bonds is 6. The highest BCUT2D eigenvalue weighted by Crippen LogP contribution is 2.35. The lowest BCUT2D eigenvalue weighted by atomic mass is 9.97. The van der Waals surface area contributed by atoms with Crippen LogP contribution in [0.15, 0.2) is 35.7 Å². The Morgan fingerprint density at radius 1 is 1.13 bits per heavy atom. The van der Waals surface area contributed by atoms with Crippen LogP contribution in [0, 0.1) is 16.0 Å². The van der Waals surface area contributed by atoms with E-state index >= 15 is 0 Å². The first-order valence-electron chi connectivity index (χ1n) is 10.3. The fourth-order valence-electron chi connectivity index (χ4n) is 4.36. The van der Waals surface area contributed by atoms with E-state index in [-0.39, 0.29) is 16.5 Å². The lowest BCUT2D eigenvalue weighted by molar-refractivity contribution is -0.384. The standard InChI is InChI=1S/C19H26N6O4S/c26-25(27)19-11-17(30(28,29)24-9-2-1-3-10-24)6-7-18(19)22-8-4-5-16(12-22)13-23-15-20-14-21-23/h6-7,11,14-16H,1-5,8-10,12-13H2. The zero-order valence-electron chi connectivity index (χ0n) is 16.8. The Hall–Kier alpha value is -2.53. The molecule has 4 rings (SSSR count). The molecule has 2 fully saturated rings. The molecule has 11 heteroatoms. The molecule has 1 aromatic carbocycles. The Balaban J connectivity index is 1.58. The van der Waals surface area contributed by atoms with Crippen molar-refractivity contribution in [3.8, 4) is 0 Å². The Labute approximate surface area is 175 Å². The largest absolute Gasteiger partial charge is 0.366 e. The van der Waals surface area contributed by atoms with Crippen molar-refractivity contribution in [2.45, 2.75) is 43.5 Å². The predicted octanol–water partition coefficient (Wildman–Crippen LogP) is 2.28. The predicted molar refractivity (Wildman–Crippen MR) is 111 cm³/mol. The number of aromatic nitrogens is 3. The zero-order chi connectivity index (χ0) is 21.1. The van der Waals surface area contributed by atoms with Gasteiger partial charge in [-0.1, -0.05) is 6.42 Å². The number of sulfonamides is 1. The quantitative estimate of drug-likeness (QED) is 0.506. The van der Waals surface area contributed by atoms with Gasteiger partial charge < -0.3 is 4.90 Å². The normalized spacial score (nSPS) is 20.9. The smallest absolute Gasteiger partial charge is 0.293 e. The summed E-state index contributed by atoms with van der Waals surface area (Å²) >= 11 is 0. The van der Waals surface area contributed by atoms with E-state index < -0.39 is 14.9 Å². The van der Waals surface area contributed by atoms with Crippen LogP contribution >= 0.6 is 0 Å². The summed E-state index contributed by atoms with van der Waals surface area (Å²) in [6, 6.07) is 4.32. The molecular weight excluding hydrogens is 408 g/mol. The van der Waals surface area contributed by atoms with Crippen LogP contribution in [0.25, 0.3) is 0 Å². The maximum Gasteiger partial charge on any atom is 0.293 e. The van der Waals surface area contributed by atoms with Crippen LogP contribution in [0.1, 0.15) is 32.1 Å². The fraction of sp³-hybridized carbons (Fsp3) is 0.579. The molecule has 2 aliphatic heterocycles. The molecule has 2 aliphatic rings. The summed E-state index contributed by atoms with van der Waals surface area (Å²) in [6.07, 6.45) is 7.72. The molecule has 10 nitrogen and oxygen atoms in total. The molecule has 0 bridgehead atoms. The van der Waals surface area contributed by atoms with E-state index in [4.69, 9.17) is 0 Å². The van der Waals surface area contributed by atoms with Gasteiger partial charge in [0.05, 0.1) is 9.82 Å². The molecule has 3 heterocycles. The lowest BCUT2D eigenvalue weighted by Gasteiger charge is -2.34. The van der Waals surface area contributed by atoms with Crippen LogP contribution in [-0.2, 0) is 16.6 Å². The van der Waals surface area contributed by atoms with Gasteiger partial charge in [0.15, 0.2) is 0 Å². The highest BCUT2D eigenvalue weighted by molar-refractivity contribution is 7.89. The fourth-order valence-corrected chi connectivity index (χ4v) is 5.89. The topological polar surface area (TPSA) is 114 Å². The SMILES string of the molecule is O=[N+]([O-])c1cc(S(=O)(=O)N2CCCCC2)ccc1N1CCCC(Cn2cncn2)C1. The molecular formula is C19H26N6O4S. The van der Waals surface area contributed by atoms with Crippen molar-refractivity contribution in [2.24, 2.45) is 5.92 Å². The molecule has 1 unspecified atom stereocenters. The van der Waals surface area contributed by atoms with E-state index in [2.05, 4.69) is 10.1 Å². The van der Waals surface area contributed by atoms with Gasteiger partial charge in [-0.3, -0.25) is 14.8 Å². The third-order valence-electron chi connectivity index (χ3n) is 5.87. The van der Waals surface area contributed by atoms with Crippen molar-refractivity contribution in [3.63, 3.8) is 0 Å². The first-order chi connectivity index (χ1) is 14.4. The van der Waals surface area contributed by atoms with Gasteiger partial charge in [0.25, 0.3) is 5.69 Å². The Morgan fingerprint density at radius 3 is 2.63 bits per heavy atom. The van der Waals surface area contributed by atoms with Gasteiger partial charge in [-0.15, -0.1) is 0 Å². The van der Waals surface area contributed by atoms with Crippen molar-refractivity contribution in [1.82, 2.24) is 19.1 Å². The monoisotopic (exact) mass is 434 g/mol. The second kappa shape index (κ2) is 8.68. The summed E-state index contributed by atoms with van der Waals surface area (Å²) in [5.41, 5.74) is 0.315. The van der Waals surface area contributed by atoms with Crippen molar-refractivity contribution < 1.29 is 13.3 Å². The summed E-state index contributed by atoms with van der Waals surface area (Å²) in [4.78, 5) is 17.3. The van der Waals surface area contributed by atoms with Crippen molar-refractivity contribution >= 4 is 21.4 Å². The lowest BCUT2D eigenvalue weighted by Crippen LogP contribution is -2.38. The molecule has 0 amide bonds. The van der Waals surface area contributed by atoms with Gasteiger partial charge in [-0.25, -0.2) is 13.4 Å². The van der Waals surface area contributed by atoms with Crippen molar-refractivity contribution in [1.29, 1.82) is 0 Å². The van der Waals surface area contributed by atoms with Gasteiger partial charge in [-0.2, -0.15) is 9.40 Å². The molecule has 1 aromatic heterocycles. The van der Waals surface area contributed by atoms with E-state index in [1.165, 1.54) is 22.8 Å². The Bertz CT molecular complexity index is 988. The van der Waals surface area contributed by atoms with Crippen LogP contribution in [0.5, 0.6) is 0 Å². The number of nitrogens with zero attached hydrogens (tertiary/aromatic N) is 6. The second-order valence-corrected chi connectivity index (χ2v) is 9.88. The summed E-state index contributed by atoms with van der Waals surface area (Å²) in [6.45, 7) is 2.99. The van der Waals surface area contributed by atoms with E-state index in [0.29, 0.717) is 38.4 Å². The minimum atomic E-state index is -3.72. The van der Waals surface area contributed by atoms with Crippen molar-refractivity contribution in [2.75, 3.05) is 31.1 Å². The maximum absolute atomic E-state index is 13.0. The molecule has 0 radical (unpaired) electrons. The minimum Gasteiger partial charge on any atom is -0.366 e. The average molecular weight is 435 g/mol. The molecule has 2 aromatic rings. The minimum absolute atomic E-state index is 0.00368. The second-order valence-electron chi connectivity index (χ2n) is 7.94. The Morgan fingerprint density at radius 2 is 1.93 bits per heavy atom. The number of hydrogen-bond donors (Lipinski definition) is 0. The van der Waals surface area contributed by atoms with E-state index in [1.54, 1.807) is 17.1 Å². The van der Waals surface area contributed by atoms with Gasteiger partial charge in [0.1, 0.15) is 18.3 Å². The van der Waals surface area contributed by atoms with Crippen LogP contribution < -0.4 is 4.90 Å². The third-order valence-corrected chi connectivity index (χ3v) is 7.76. The molecule has 0 saturated carbocycles. The summed E-state index contributed by atoms with van der Waals surface area (Å²) in [7, 11) is -3.72. The number of benzene rings is 1. The average Bonchev–Trinajstić information content (AvgIpc) is 3.27. The first-order valence-corrected chi connectivity index (χ1v) is 11.7. The molecule has 0 aliphatic carbocycles. The van der Waals surface area contributed by atoms with Crippen molar-refractivity contribution in [3.05, 3.63) is 41.0 Å².